The number of rotatable bonds is 12. The summed E-state index contributed by atoms with van der Waals surface area (Å²) in [6.07, 6.45) is 0. The van der Waals surface area contributed by atoms with Gasteiger partial charge in [0, 0.05) is 49.6 Å². The van der Waals surface area contributed by atoms with Crippen LogP contribution in [-0.2, 0) is 0 Å². The summed E-state index contributed by atoms with van der Waals surface area (Å²) in [6.45, 7) is 8.26. The van der Waals surface area contributed by atoms with E-state index in [1.165, 1.54) is 0 Å². The predicted octanol–water partition coefficient (Wildman–Crippen LogP) is 23.0. The number of nitriles is 2. The normalized spacial score (nSPS) is 11.2. The van der Waals surface area contributed by atoms with Gasteiger partial charge in [0.1, 0.15) is 0 Å². The van der Waals surface area contributed by atoms with E-state index in [0.717, 1.165) is 150 Å². The standard InChI is InChI=1S/C90H54N8/c1-93-73-30-16-28-71(49-73)79-55-75(98-86-45-37-68(62-22-10-4-11-23-62)52-82(86)83-53-69(38-46-87(83)98)63-24-12-5-13-25-63)40-42-77(79)90-95-88(72-29-15-26-65(48-72)64-33-31-58(56-91)32-34-64)94-89(96-90)76-41-39-74(54-78(76)70-27-14-17-59(47-70)57-92)97-84-43-35-66(60-18-6-2-7-19-60)50-80(84)81-51-67(36-44-85(81)97)61-20-8-3-9-21-61/h2-55H. The summed E-state index contributed by atoms with van der Waals surface area (Å²) in [7, 11) is 0. The van der Waals surface area contributed by atoms with Crippen molar-refractivity contribution in [3.05, 3.63) is 350 Å². The molecule has 0 radical (unpaired) electrons. The van der Waals surface area contributed by atoms with Crippen molar-refractivity contribution in [2.45, 2.75) is 0 Å². The number of hydrogen-bond acceptors (Lipinski definition) is 5. The molecule has 3 heterocycles. The second-order valence-electron chi connectivity index (χ2n) is 24.5. The van der Waals surface area contributed by atoms with Crippen molar-refractivity contribution >= 4 is 49.3 Å². The molecule has 0 saturated carbocycles. The lowest BCUT2D eigenvalue weighted by Crippen LogP contribution is -2.04. The fraction of sp³-hybridized carbons (Fsp3) is 0. The number of fused-ring (bicyclic) bond motifs is 6. The molecule has 0 N–H and O–H groups in total. The van der Waals surface area contributed by atoms with Gasteiger partial charge in [-0.1, -0.05) is 206 Å². The molecular formula is C90H54N8. The zero-order chi connectivity index (χ0) is 65.6. The molecule has 0 aliphatic heterocycles. The molecule has 17 rings (SSSR count). The van der Waals surface area contributed by atoms with Gasteiger partial charge in [0.15, 0.2) is 23.2 Å². The summed E-state index contributed by atoms with van der Waals surface area (Å²) in [5.41, 5.74) is 23.9. The topological polar surface area (TPSA) is 100 Å². The van der Waals surface area contributed by atoms with E-state index in [0.29, 0.717) is 34.3 Å². The van der Waals surface area contributed by atoms with Gasteiger partial charge in [-0.25, -0.2) is 19.8 Å². The lowest BCUT2D eigenvalue weighted by molar-refractivity contribution is 1.07. The lowest BCUT2D eigenvalue weighted by atomic mass is 9.96. The van der Waals surface area contributed by atoms with Crippen LogP contribution >= 0.6 is 0 Å². The third kappa shape index (κ3) is 10.6. The Morgan fingerprint density at radius 1 is 0.255 bits per heavy atom. The van der Waals surface area contributed by atoms with Gasteiger partial charge in [0.05, 0.1) is 51.9 Å². The molecule has 14 aromatic carbocycles. The summed E-state index contributed by atoms with van der Waals surface area (Å²) in [5.74, 6) is 1.26. The van der Waals surface area contributed by atoms with Crippen LogP contribution in [0.2, 0.25) is 0 Å². The molecule has 0 aliphatic carbocycles. The molecule has 8 heteroatoms. The smallest absolute Gasteiger partial charge is 0.187 e. The first-order valence-electron chi connectivity index (χ1n) is 32.4. The highest BCUT2D eigenvalue weighted by Gasteiger charge is 2.24. The van der Waals surface area contributed by atoms with Crippen LogP contribution in [0.5, 0.6) is 0 Å². The molecule has 8 nitrogen and oxygen atoms in total. The number of benzene rings is 14. The van der Waals surface area contributed by atoms with Crippen molar-refractivity contribution < 1.29 is 0 Å². The first-order chi connectivity index (χ1) is 48.4. The highest BCUT2D eigenvalue weighted by molar-refractivity contribution is 6.13. The van der Waals surface area contributed by atoms with Crippen LogP contribution in [0.1, 0.15) is 11.1 Å². The molecule has 0 amide bonds. The van der Waals surface area contributed by atoms with Crippen molar-refractivity contribution in [3.8, 4) is 136 Å². The third-order valence-corrected chi connectivity index (χ3v) is 18.7. The Balaban J connectivity index is 0.897. The maximum Gasteiger partial charge on any atom is 0.187 e. The molecular weight excluding hydrogens is 1190 g/mol. The van der Waals surface area contributed by atoms with Crippen LogP contribution in [-0.4, -0.2) is 24.1 Å². The molecule has 0 spiro atoms. The van der Waals surface area contributed by atoms with Crippen molar-refractivity contribution in [2.75, 3.05) is 0 Å². The van der Waals surface area contributed by atoms with Crippen LogP contribution in [0.15, 0.2) is 328 Å². The summed E-state index contributed by atoms with van der Waals surface area (Å²) in [5, 5.41) is 24.7. The van der Waals surface area contributed by atoms with Crippen molar-refractivity contribution in [2.24, 2.45) is 0 Å². The molecule has 0 saturated heterocycles. The van der Waals surface area contributed by atoms with E-state index in [4.69, 9.17) is 21.5 Å². The Bertz CT molecular complexity index is 5610. The molecule has 0 atom stereocenters. The molecule has 3 aromatic heterocycles. The van der Waals surface area contributed by atoms with Gasteiger partial charge < -0.3 is 9.13 Å². The Labute approximate surface area is 566 Å². The molecule has 0 fully saturated rings. The Morgan fingerprint density at radius 2 is 0.602 bits per heavy atom. The quantitative estimate of drug-likeness (QED) is 0.113. The van der Waals surface area contributed by atoms with E-state index in [2.05, 4.69) is 238 Å². The molecule has 0 bridgehead atoms. The van der Waals surface area contributed by atoms with Gasteiger partial charge in [-0.15, -0.1) is 0 Å². The maximum atomic E-state index is 10.5. The Hall–Kier alpha value is -13.8. The molecule has 17 aromatic rings. The fourth-order valence-corrected chi connectivity index (χ4v) is 13.9. The van der Waals surface area contributed by atoms with Crippen molar-refractivity contribution in [1.82, 2.24) is 24.1 Å². The first kappa shape index (κ1) is 58.0. The SMILES string of the molecule is [C-]#[N+]c1cccc(-c2cc(-n3c4ccc(-c5ccccc5)cc4c4cc(-c5ccccc5)ccc43)ccc2-c2nc(-c3cccc(-c4ccc(C#N)cc4)c3)nc(-c3ccc(-n4c5ccc(-c6ccccc6)cc5c5cc(-c6ccccc6)ccc54)cc3-c3cccc(C#N)c3)n2)c1. The first-order valence-corrected chi connectivity index (χ1v) is 32.4. The van der Waals surface area contributed by atoms with E-state index < -0.39 is 0 Å². The zero-order valence-electron chi connectivity index (χ0n) is 52.8. The summed E-state index contributed by atoms with van der Waals surface area (Å²) in [6, 6.07) is 118. The second-order valence-corrected chi connectivity index (χ2v) is 24.5. The van der Waals surface area contributed by atoms with Crippen molar-refractivity contribution in [3.63, 3.8) is 0 Å². The van der Waals surface area contributed by atoms with Crippen LogP contribution in [0, 0.1) is 29.2 Å². The fourth-order valence-electron chi connectivity index (χ4n) is 13.9. The number of aromatic nitrogens is 5. The minimum Gasteiger partial charge on any atom is -0.309 e. The predicted molar refractivity (Wildman–Crippen MR) is 399 cm³/mol. The van der Waals surface area contributed by atoms with E-state index in [-0.39, 0.29) is 0 Å². The second kappa shape index (κ2) is 24.6. The van der Waals surface area contributed by atoms with Gasteiger partial charge >= 0.3 is 0 Å². The van der Waals surface area contributed by atoms with Crippen LogP contribution in [0.3, 0.4) is 0 Å². The molecule has 454 valence electrons. The number of nitrogens with zero attached hydrogens (tertiary/aromatic N) is 8. The zero-order valence-corrected chi connectivity index (χ0v) is 52.8. The van der Waals surface area contributed by atoms with E-state index in [9.17, 15) is 10.5 Å². The van der Waals surface area contributed by atoms with E-state index >= 15 is 0 Å². The minimum absolute atomic E-state index is 0.413. The highest BCUT2D eigenvalue weighted by atomic mass is 15.0. The maximum absolute atomic E-state index is 10.5. The molecule has 0 aliphatic rings. The van der Waals surface area contributed by atoms with E-state index in [1.807, 2.05) is 115 Å². The van der Waals surface area contributed by atoms with Gasteiger partial charge in [-0.3, -0.25) is 0 Å². The van der Waals surface area contributed by atoms with Crippen molar-refractivity contribution in [1.29, 1.82) is 10.5 Å². The third-order valence-electron chi connectivity index (χ3n) is 18.7. The van der Waals surface area contributed by atoms with Gasteiger partial charge in [0.2, 0.25) is 0 Å². The summed E-state index contributed by atoms with van der Waals surface area (Å²) < 4.78 is 4.67. The summed E-state index contributed by atoms with van der Waals surface area (Å²) in [4.78, 5) is 20.5. The summed E-state index contributed by atoms with van der Waals surface area (Å²) >= 11 is 0. The average molecular weight is 1250 g/mol. The Kier molecular flexibility index (Phi) is 14.5. The average Bonchev–Trinajstić information content (AvgIpc) is 1.52. The number of hydrogen-bond donors (Lipinski definition) is 0. The highest BCUT2D eigenvalue weighted by Crippen LogP contribution is 2.44. The van der Waals surface area contributed by atoms with Gasteiger partial charge in [-0.05, 0) is 199 Å². The Morgan fingerprint density at radius 3 is 1.03 bits per heavy atom. The largest absolute Gasteiger partial charge is 0.309 e. The lowest BCUT2D eigenvalue weighted by Gasteiger charge is -2.17. The van der Waals surface area contributed by atoms with Crippen LogP contribution in [0.4, 0.5) is 5.69 Å². The minimum atomic E-state index is 0.413. The molecule has 98 heavy (non-hydrogen) atoms. The van der Waals surface area contributed by atoms with Gasteiger partial charge in [-0.2, -0.15) is 10.5 Å². The molecule has 0 unspecified atom stereocenters. The van der Waals surface area contributed by atoms with Gasteiger partial charge in [0.25, 0.3) is 0 Å². The van der Waals surface area contributed by atoms with E-state index in [1.54, 1.807) is 0 Å². The van der Waals surface area contributed by atoms with Crippen LogP contribution < -0.4 is 0 Å². The monoisotopic (exact) mass is 1250 g/mol. The van der Waals surface area contributed by atoms with Crippen LogP contribution in [0.25, 0.3) is 172 Å².